The highest BCUT2D eigenvalue weighted by atomic mass is 35.5. The third-order valence-corrected chi connectivity index (χ3v) is 3.42. The monoisotopic (exact) mass is 338 g/mol. The standard InChI is InChI=1S/C12H13Cl3N2O3/c1-6(5-18)4-16-11(19)12(20)17-10-3-8(14)7(13)2-9(10)15/h2-3,6,18H,4-5H2,1H3,(H,16,19)(H,17,20). The number of halogens is 3. The molecule has 0 aliphatic carbocycles. The van der Waals surface area contributed by atoms with Crippen molar-refractivity contribution in [3.8, 4) is 0 Å². The average Bonchev–Trinajstić information content (AvgIpc) is 2.41. The first-order valence-corrected chi connectivity index (χ1v) is 6.83. The Morgan fingerprint density at radius 1 is 1.15 bits per heavy atom. The number of hydrogen-bond acceptors (Lipinski definition) is 3. The molecular formula is C12H13Cl3N2O3. The van der Waals surface area contributed by atoms with Crippen LogP contribution in [-0.4, -0.2) is 30.1 Å². The lowest BCUT2D eigenvalue weighted by molar-refractivity contribution is -0.136. The van der Waals surface area contributed by atoms with E-state index in [0.717, 1.165) is 0 Å². The Morgan fingerprint density at radius 2 is 1.75 bits per heavy atom. The smallest absolute Gasteiger partial charge is 0.313 e. The summed E-state index contributed by atoms with van der Waals surface area (Å²) >= 11 is 17.4. The van der Waals surface area contributed by atoms with Gasteiger partial charge >= 0.3 is 11.8 Å². The highest BCUT2D eigenvalue weighted by molar-refractivity contribution is 6.45. The van der Waals surface area contributed by atoms with E-state index in [4.69, 9.17) is 39.9 Å². The van der Waals surface area contributed by atoms with Gasteiger partial charge in [-0.2, -0.15) is 0 Å². The quantitative estimate of drug-likeness (QED) is 0.582. The van der Waals surface area contributed by atoms with Gasteiger partial charge in [-0.05, 0) is 18.1 Å². The topological polar surface area (TPSA) is 78.4 Å². The average molecular weight is 340 g/mol. The molecule has 0 spiro atoms. The molecule has 0 aromatic heterocycles. The van der Waals surface area contributed by atoms with Gasteiger partial charge in [-0.15, -0.1) is 0 Å². The number of carbonyl (C=O) groups excluding carboxylic acids is 2. The van der Waals surface area contributed by atoms with E-state index >= 15 is 0 Å². The zero-order valence-corrected chi connectivity index (χ0v) is 12.8. The largest absolute Gasteiger partial charge is 0.396 e. The Hall–Kier alpha value is -1.01. The van der Waals surface area contributed by atoms with Gasteiger partial charge in [0.05, 0.1) is 20.8 Å². The van der Waals surface area contributed by atoms with Crippen LogP contribution in [0.15, 0.2) is 12.1 Å². The molecule has 0 saturated heterocycles. The summed E-state index contributed by atoms with van der Waals surface area (Å²) in [5.74, 6) is -1.84. The van der Waals surface area contributed by atoms with Gasteiger partial charge in [0.15, 0.2) is 0 Å². The fourth-order valence-electron chi connectivity index (χ4n) is 1.21. The van der Waals surface area contributed by atoms with E-state index in [0.29, 0.717) is 0 Å². The summed E-state index contributed by atoms with van der Waals surface area (Å²) < 4.78 is 0. The number of amides is 2. The Balaban J connectivity index is 2.66. The van der Waals surface area contributed by atoms with Crippen molar-refractivity contribution in [3.63, 3.8) is 0 Å². The number of rotatable bonds is 4. The van der Waals surface area contributed by atoms with Crippen LogP contribution in [0.5, 0.6) is 0 Å². The molecule has 0 aliphatic heterocycles. The molecule has 1 aromatic carbocycles. The number of anilines is 1. The summed E-state index contributed by atoms with van der Waals surface area (Å²) in [5.41, 5.74) is 0.191. The predicted octanol–water partition coefficient (Wildman–Crippen LogP) is 2.33. The molecule has 3 N–H and O–H groups in total. The molecule has 2 amide bonds. The lowest BCUT2D eigenvalue weighted by Gasteiger charge is -2.11. The number of nitrogens with one attached hydrogen (secondary N) is 2. The number of carbonyl (C=O) groups is 2. The molecule has 0 saturated carbocycles. The van der Waals surface area contributed by atoms with Gasteiger partial charge in [-0.3, -0.25) is 9.59 Å². The third-order valence-electron chi connectivity index (χ3n) is 2.39. The summed E-state index contributed by atoms with van der Waals surface area (Å²) in [6.45, 7) is 1.84. The van der Waals surface area contributed by atoms with Crippen molar-refractivity contribution in [2.45, 2.75) is 6.92 Å². The first-order valence-electron chi connectivity index (χ1n) is 5.69. The lowest BCUT2D eigenvalue weighted by Crippen LogP contribution is -2.38. The Kier molecular flexibility index (Phi) is 6.55. The second-order valence-corrected chi connectivity index (χ2v) is 5.42. The van der Waals surface area contributed by atoms with Crippen LogP contribution in [0.25, 0.3) is 0 Å². The molecule has 0 bridgehead atoms. The van der Waals surface area contributed by atoms with Crippen molar-refractivity contribution < 1.29 is 14.7 Å². The Morgan fingerprint density at radius 3 is 2.35 bits per heavy atom. The van der Waals surface area contributed by atoms with Gasteiger partial charge in [0, 0.05) is 13.2 Å². The molecule has 0 heterocycles. The zero-order valence-electron chi connectivity index (χ0n) is 10.5. The van der Waals surface area contributed by atoms with Crippen LogP contribution in [-0.2, 0) is 9.59 Å². The van der Waals surface area contributed by atoms with Crippen LogP contribution in [0.3, 0.4) is 0 Å². The summed E-state index contributed by atoms with van der Waals surface area (Å²) in [4.78, 5) is 23.2. The molecule has 0 fully saturated rings. The normalized spacial score (nSPS) is 11.8. The lowest BCUT2D eigenvalue weighted by atomic mass is 10.2. The van der Waals surface area contributed by atoms with Crippen LogP contribution in [0.1, 0.15) is 6.92 Å². The fraction of sp³-hybridized carbons (Fsp3) is 0.333. The van der Waals surface area contributed by atoms with Crippen molar-refractivity contribution in [3.05, 3.63) is 27.2 Å². The summed E-state index contributed by atoms with van der Waals surface area (Å²) in [7, 11) is 0. The van der Waals surface area contributed by atoms with Gasteiger partial charge in [-0.25, -0.2) is 0 Å². The van der Waals surface area contributed by atoms with E-state index in [1.807, 2.05) is 0 Å². The molecule has 0 radical (unpaired) electrons. The molecule has 110 valence electrons. The zero-order chi connectivity index (χ0) is 15.3. The molecule has 5 nitrogen and oxygen atoms in total. The fourth-order valence-corrected chi connectivity index (χ4v) is 1.80. The summed E-state index contributed by atoms with van der Waals surface area (Å²) in [6, 6.07) is 2.72. The van der Waals surface area contributed by atoms with Gasteiger partial charge < -0.3 is 15.7 Å². The minimum absolute atomic E-state index is 0.0828. The third kappa shape index (κ3) is 4.83. The van der Waals surface area contributed by atoms with Crippen molar-refractivity contribution in [2.24, 2.45) is 5.92 Å². The van der Waals surface area contributed by atoms with E-state index < -0.39 is 11.8 Å². The maximum Gasteiger partial charge on any atom is 0.313 e. The molecule has 8 heteroatoms. The van der Waals surface area contributed by atoms with Gasteiger partial charge in [0.1, 0.15) is 0 Å². The molecular weight excluding hydrogens is 327 g/mol. The van der Waals surface area contributed by atoms with E-state index in [1.165, 1.54) is 12.1 Å². The summed E-state index contributed by atoms with van der Waals surface area (Å²) in [5, 5.41) is 14.2. The first kappa shape index (κ1) is 17.0. The van der Waals surface area contributed by atoms with E-state index in [2.05, 4.69) is 10.6 Å². The molecule has 1 unspecified atom stereocenters. The van der Waals surface area contributed by atoms with Gasteiger partial charge in [-0.1, -0.05) is 41.7 Å². The van der Waals surface area contributed by atoms with Crippen molar-refractivity contribution in [1.82, 2.24) is 5.32 Å². The van der Waals surface area contributed by atoms with Crippen LogP contribution in [0.4, 0.5) is 5.69 Å². The minimum atomic E-state index is -0.879. The predicted molar refractivity (Wildman–Crippen MR) is 79.4 cm³/mol. The first-order chi connectivity index (χ1) is 9.35. The van der Waals surface area contributed by atoms with Crippen LogP contribution in [0, 0.1) is 5.92 Å². The molecule has 1 rings (SSSR count). The van der Waals surface area contributed by atoms with Gasteiger partial charge in [0.25, 0.3) is 0 Å². The van der Waals surface area contributed by atoms with Crippen LogP contribution >= 0.6 is 34.8 Å². The maximum atomic E-state index is 11.6. The number of hydrogen-bond donors (Lipinski definition) is 3. The number of benzene rings is 1. The number of aliphatic hydroxyl groups excluding tert-OH is 1. The highest BCUT2D eigenvalue weighted by Gasteiger charge is 2.16. The Labute approximate surface area is 131 Å². The highest BCUT2D eigenvalue weighted by Crippen LogP contribution is 2.32. The SMILES string of the molecule is CC(CO)CNC(=O)C(=O)Nc1cc(Cl)c(Cl)cc1Cl. The van der Waals surface area contributed by atoms with E-state index in [-0.39, 0.29) is 39.8 Å². The molecule has 20 heavy (non-hydrogen) atoms. The Bertz CT molecular complexity index is 523. The van der Waals surface area contributed by atoms with Crippen LogP contribution in [0.2, 0.25) is 15.1 Å². The van der Waals surface area contributed by atoms with Gasteiger partial charge in [0.2, 0.25) is 0 Å². The minimum Gasteiger partial charge on any atom is -0.396 e. The van der Waals surface area contributed by atoms with E-state index in [9.17, 15) is 9.59 Å². The second kappa shape index (κ2) is 7.69. The van der Waals surface area contributed by atoms with E-state index in [1.54, 1.807) is 6.92 Å². The molecule has 1 atom stereocenters. The number of aliphatic hydroxyl groups is 1. The van der Waals surface area contributed by atoms with Crippen molar-refractivity contribution >= 4 is 52.3 Å². The maximum absolute atomic E-state index is 11.6. The second-order valence-electron chi connectivity index (χ2n) is 4.20. The summed E-state index contributed by atoms with van der Waals surface area (Å²) in [6.07, 6.45) is 0. The molecule has 1 aromatic rings. The van der Waals surface area contributed by atoms with Crippen molar-refractivity contribution in [2.75, 3.05) is 18.5 Å². The van der Waals surface area contributed by atoms with Crippen LogP contribution < -0.4 is 10.6 Å². The van der Waals surface area contributed by atoms with Crippen molar-refractivity contribution in [1.29, 1.82) is 0 Å². The molecule has 0 aliphatic rings.